The van der Waals surface area contributed by atoms with Crippen LogP contribution in [0.25, 0.3) is 0 Å². The van der Waals surface area contributed by atoms with Gasteiger partial charge in [-0.2, -0.15) is 0 Å². The van der Waals surface area contributed by atoms with Crippen molar-refractivity contribution in [3.63, 3.8) is 0 Å². The zero-order valence-corrected chi connectivity index (χ0v) is 16.9. The standard InChI is InChI=1S/2C9H17NO2.BrH/c2*10-7-9(6-8(11)12)4-2-1-3-5-9;/h2*1-7,10H2,(H,11,12);1H. The van der Waals surface area contributed by atoms with E-state index in [1.165, 1.54) is 12.8 Å². The molecule has 148 valence electrons. The van der Waals surface area contributed by atoms with Gasteiger partial charge in [0.1, 0.15) is 0 Å². The monoisotopic (exact) mass is 422 g/mol. The average Bonchev–Trinajstić information content (AvgIpc) is 2.56. The van der Waals surface area contributed by atoms with Gasteiger partial charge in [-0.15, -0.1) is 17.0 Å². The Bertz CT molecular complexity index is 368. The van der Waals surface area contributed by atoms with Crippen LogP contribution >= 0.6 is 17.0 Å². The second kappa shape index (κ2) is 11.9. The van der Waals surface area contributed by atoms with Crippen molar-refractivity contribution in [2.45, 2.75) is 77.0 Å². The Morgan fingerprint density at radius 1 is 0.680 bits per heavy atom. The molecule has 0 radical (unpaired) electrons. The second-order valence-corrected chi connectivity index (χ2v) is 7.67. The quantitative estimate of drug-likeness (QED) is 0.519. The molecule has 0 atom stereocenters. The molecular weight excluding hydrogens is 388 g/mol. The van der Waals surface area contributed by atoms with Crippen LogP contribution in [0.4, 0.5) is 0 Å². The van der Waals surface area contributed by atoms with E-state index < -0.39 is 11.9 Å². The summed E-state index contributed by atoms with van der Waals surface area (Å²) in [4.78, 5) is 21.2. The third kappa shape index (κ3) is 8.51. The van der Waals surface area contributed by atoms with Gasteiger partial charge in [0.05, 0.1) is 12.8 Å². The lowest BCUT2D eigenvalue weighted by Crippen LogP contribution is -2.34. The Kier molecular flexibility index (Phi) is 11.5. The first-order chi connectivity index (χ1) is 11.4. The van der Waals surface area contributed by atoms with E-state index in [-0.39, 0.29) is 40.7 Å². The summed E-state index contributed by atoms with van der Waals surface area (Å²) in [5.74, 6) is -1.41. The van der Waals surface area contributed by atoms with Crippen molar-refractivity contribution >= 4 is 28.9 Å². The lowest BCUT2D eigenvalue weighted by atomic mass is 9.72. The second-order valence-electron chi connectivity index (χ2n) is 7.67. The Hall–Kier alpha value is -0.660. The molecule has 2 aliphatic carbocycles. The molecule has 0 saturated heterocycles. The predicted octanol–water partition coefficient (Wildman–Crippen LogP) is 3.32. The normalized spacial score (nSPS) is 21.2. The van der Waals surface area contributed by atoms with Gasteiger partial charge < -0.3 is 21.7 Å². The minimum atomic E-state index is -0.706. The van der Waals surface area contributed by atoms with Crippen molar-refractivity contribution in [3.8, 4) is 0 Å². The van der Waals surface area contributed by atoms with E-state index in [2.05, 4.69) is 0 Å². The van der Waals surface area contributed by atoms with Crippen molar-refractivity contribution < 1.29 is 19.8 Å². The summed E-state index contributed by atoms with van der Waals surface area (Å²) in [6.07, 6.45) is 11.5. The zero-order valence-electron chi connectivity index (χ0n) is 15.2. The molecular formula is C18H35BrN2O4. The number of carbonyl (C=O) groups is 2. The van der Waals surface area contributed by atoms with Crippen LogP contribution in [0.1, 0.15) is 77.0 Å². The van der Waals surface area contributed by atoms with E-state index in [1.54, 1.807) is 0 Å². The molecule has 0 aromatic rings. The lowest BCUT2D eigenvalue weighted by molar-refractivity contribution is -0.141. The van der Waals surface area contributed by atoms with Crippen molar-refractivity contribution in [2.75, 3.05) is 13.1 Å². The predicted molar refractivity (Wildman–Crippen MR) is 104 cm³/mol. The molecule has 2 aliphatic rings. The van der Waals surface area contributed by atoms with Crippen molar-refractivity contribution in [3.05, 3.63) is 0 Å². The Labute approximate surface area is 161 Å². The molecule has 6 N–H and O–H groups in total. The van der Waals surface area contributed by atoms with Gasteiger partial charge in [-0.25, -0.2) is 0 Å². The number of carboxylic acid groups (broad SMARTS) is 2. The topological polar surface area (TPSA) is 127 Å². The number of hydrogen-bond donors (Lipinski definition) is 4. The van der Waals surface area contributed by atoms with Crippen LogP contribution in [0.2, 0.25) is 0 Å². The van der Waals surface area contributed by atoms with E-state index >= 15 is 0 Å². The van der Waals surface area contributed by atoms with Crippen LogP contribution in [0.15, 0.2) is 0 Å². The molecule has 0 aromatic carbocycles. The summed E-state index contributed by atoms with van der Waals surface area (Å²) in [5.41, 5.74) is 11.1. The van der Waals surface area contributed by atoms with Crippen LogP contribution in [0.5, 0.6) is 0 Å². The lowest BCUT2D eigenvalue weighted by Gasteiger charge is -2.34. The number of halogens is 1. The molecule has 2 saturated carbocycles. The van der Waals surface area contributed by atoms with E-state index in [9.17, 15) is 9.59 Å². The third-order valence-electron chi connectivity index (χ3n) is 5.75. The van der Waals surface area contributed by atoms with Gasteiger partial charge in [0.25, 0.3) is 0 Å². The Morgan fingerprint density at radius 3 is 1.16 bits per heavy atom. The Balaban J connectivity index is 0.000000443. The first-order valence-electron chi connectivity index (χ1n) is 9.21. The fourth-order valence-electron chi connectivity index (χ4n) is 4.15. The van der Waals surface area contributed by atoms with Crippen molar-refractivity contribution in [1.82, 2.24) is 0 Å². The highest BCUT2D eigenvalue weighted by Gasteiger charge is 2.33. The fraction of sp³-hybridized carbons (Fsp3) is 0.889. The van der Waals surface area contributed by atoms with Gasteiger partial charge in [0.15, 0.2) is 0 Å². The first kappa shape index (κ1) is 24.3. The molecule has 0 bridgehead atoms. The Morgan fingerprint density at radius 2 is 0.960 bits per heavy atom. The van der Waals surface area contributed by atoms with Gasteiger partial charge in [-0.3, -0.25) is 9.59 Å². The number of aliphatic carboxylic acids is 2. The van der Waals surface area contributed by atoms with Crippen LogP contribution < -0.4 is 11.5 Å². The number of rotatable bonds is 6. The molecule has 0 heterocycles. The highest BCUT2D eigenvalue weighted by molar-refractivity contribution is 8.93. The van der Waals surface area contributed by atoms with Crippen molar-refractivity contribution in [1.29, 1.82) is 0 Å². The third-order valence-corrected chi connectivity index (χ3v) is 5.75. The van der Waals surface area contributed by atoms with E-state index in [0.29, 0.717) is 13.1 Å². The van der Waals surface area contributed by atoms with Crippen LogP contribution in [-0.4, -0.2) is 35.2 Å². The maximum atomic E-state index is 10.6. The summed E-state index contributed by atoms with van der Waals surface area (Å²) in [7, 11) is 0. The minimum Gasteiger partial charge on any atom is -0.481 e. The molecule has 0 spiro atoms. The molecule has 0 amide bonds. The highest BCUT2D eigenvalue weighted by atomic mass is 79.9. The first-order valence-corrected chi connectivity index (χ1v) is 9.21. The maximum Gasteiger partial charge on any atom is 0.303 e. The summed E-state index contributed by atoms with van der Waals surface area (Å²) < 4.78 is 0. The summed E-state index contributed by atoms with van der Waals surface area (Å²) >= 11 is 0. The fourth-order valence-corrected chi connectivity index (χ4v) is 4.15. The van der Waals surface area contributed by atoms with Gasteiger partial charge >= 0.3 is 11.9 Å². The van der Waals surface area contributed by atoms with Gasteiger partial charge in [0.2, 0.25) is 0 Å². The number of carboxylic acids is 2. The van der Waals surface area contributed by atoms with Crippen molar-refractivity contribution in [2.24, 2.45) is 22.3 Å². The van der Waals surface area contributed by atoms with Crippen LogP contribution in [-0.2, 0) is 9.59 Å². The molecule has 0 unspecified atom stereocenters. The zero-order chi connectivity index (χ0) is 18.1. The van der Waals surface area contributed by atoms with Gasteiger partial charge in [0, 0.05) is 0 Å². The largest absolute Gasteiger partial charge is 0.481 e. The molecule has 2 fully saturated rings. The van der Waals surface area contributed by atoms with E-state index in [1.807, 2.05) is 0 Å². The van der Waals surface area contributed by atoms with Crippen LogP contribution in [0, 0.1) is 10.8 Å². The minimum absolute atomic E-state index is 0. The average molecular weight is 423 g/mol. The van der Waals surface area contributed by atoms with Gasteiger partial charge in [-0.1, -0.05) is 38.5 Å². The smallest absolute Gasteiger partial charge is 0.303 e. The number of hydrogen-bond acceptors (Lipinski definition) is 4. The SMILES string of the molecule is Br.NCC1(CC(=O)O)CCCCC1.NCC1(CC(=O)O)CCCCC1. The molecule has 6 nitrogen and oxygen atoms in total. The summed E-state index contributed by atoms with van der Waals surface area (Å²) in [6, 6.07) is 0. The maximum absolute atomic E-state index is 10.6. The van der Waals surface area contributed by atoms with E-state index in [4.69, 9.17) is 21.7 Å². The molecule has 0 aliphatic heterocycles. The summed E-state index contributed by atoms with van der Waals surface area (Å²) in [5, 5.41) is 17.4. The molecule has 2 rings (SSSR count). The molecule has 25 heavy (non-hydrogen) atoms. The summed E-state index contributed by atoms with van der Waals surface area (Å²) in [6.45, 7) is 1.05. The highest BCUT2D eigenvalue weighted by Crippen LogP contribution is 2.38. The molecule has 0 aromatic heterocycles. The van der Waals surface area contributed by atoms with Crippen LogP contribution in [0.3, 0.4) is 0 Å². The number of nitrogens with two attached hydrogens (primary N) is 2. The van der Waals surface area contributed by atoms with E-state index in [0.717, 1.165) is 51.4 Å². The molecule has 7 heteroatoms. The van der Waals surface area contributed by atoms with Gasteiger partial charge in [-0.05, 0) is 49.6 Å².